The Kier molecular flexibility index (Phi) is 5.96. The molecular formula is C19H18BrClN4O. The molecule has 26 heavy (non-hydrogen) atoms. The predicted molar refractivity (Wildman–Crippen MR) is 110 cm³/mol. The fourth-order valence-electron chi connectivity index (χ4n) is 2.39. The average Bonchev–Trinajstić information content (AvgIpc) is 2.62. The second-order valence-electron chi connectivity index (χ2n) is 5.62. The lowest BCUT2D eigenvalue weighted by atomic mass is 10.1. The monoisotopic (exact) mass is 432 g/mol. The maximum Gasteiger partial charge on any atom is 0.222 e. The summed E-state index contributed by atoms with van der Waals surface area (Å²) in [6.07, 6.45) is 0.921. The van der Waals surface area contributed by atoms with Crippen LogP contribution >= 0.6 is 27.5 Å². The average molecular weight is 434 g/mol. The van der Waals surface area contributed by atoms with Crippen molar-refractivity contribution < 1.29 is 4.74 Å². The molecule has 0 saturated carbocycles. The third-order valence-electron chi connectivity index (χ3n) is 3.54. The van der Waals surface area contributed by atoms with Crippen LogP contribution in [0.2, 0.25) is 5.02 Å². The van der Waals surface area contributed by atoms with Crippen LogP contribution in [0.4, 0.5) is 17.5 Å². The quantitative estimate of drug-likeness (QED) is 0.523. The van der Waals surface area contributed by atoms with E-state index in [0.29, 0.717) is 23.1 Å². The highest BCUT2D eigenvalue weighted by Gasteiger charge is 2.12. The molecule has 0 unspecified atom stereocenters. The molecule has 5 nitrogen and oxygen atoms in total. The highest BCUT2D eigenvalue weighted by atomic mass is 79.9. The van der Waals surface area contributed by atoms with Crippen LogP contribution in [0.5, 0.6) is 5.75 Å². The summed E-state index contributed by atoms with van der Waals surface area (Å²) in [6, 6.07) is 15.0. The van der Waals surface area contributed by atoms with Crippen molar-refractivity contribution in [3.05, 3.63) is 58.0 Å². The van der Waals surface area contributed by atoms with Crippen molar-refractivity contribution in [3.63, 3.8) is 0 Å². The smallest absolute Gasteiger partial charge is 0.222 e. The summed E-state index contributed by atoms with van der Waals surface area (Å²) in [5.41, 5.74) is 8.31. The Morgan fingerprint density at radius 1 is 1.12 bits per heavy atom. The van der Waals surface area contributed by atoms with Gasteiger partial charge < -0.3 is 15.8 Å². The largest absolute Gasteiger partial charge is 0.493 e. The number of benzene rings is 2. The lowest BCUT2D eigenvalue weighted by molar-refractivity contribution is 0.318. The number of ether oxygens (including phenoxy) is 1. The molecule has 3 rings (SSSR count). The number of rotatable bonds is 6. The molecule has 3 aromatic rings. The molecule has 0 saturated heterocycles. The highest BCUT2D eigenvalue weighted by molar-refractivity contribution is 9.10. The minimum absolute atomic E-state index is 0.181. The van der Waals surface area contributed by atoms with Gasteiger partial charge in [-0.2, -0.15) is 4.98 Å². The van der Waals surface area contributed by atoms with Gasteiger partial charge in [-0.3, -0.25) is 0 Å². The van der Waals surface area contributed by atoms with E-state index < -0.39 is 0 Å². The predicted octanol–water partition coefficient (Wildman–Crippen LogP) is 5.67. The van der Waals surface area contributed by atoms with Gasteiger partial charge >= 0.3 is 0 Å². The Hall–Kier alpha value is -2.31. The first-order valence-corrected chi connectivity index (χ1v) is 9.32. The van der Waals surface area contributed by atoms with Gasteiger partial charge in [0.1, 0.15) is 11.6 Å². The van der Waals surface area contributed by atoms with Gasteiger partial charge in [0.05, 0.1) is 12.3 Å². The maximum atomic E-state index is 5.93. The van der Waals surface area contributed by atoms with E-state index in [1.54, 1.807) is 12.1 Å². The van der Waals surface area contributed by atoms with E-state index >= 15 is 0 Å². The van der Waals surface area contributed by atoms with Gasteiger partial charge in [-0.25, -0.2) is 4.98 Å². The molecule has 0 bridgehead atoms. The fraction of sp³-hybridized carbons (Fsp3) is 0.158. The molecule has 0 atom stereocenters. The number of nitrogen functional groups attached to an aromatic ring is 1. The minimum atomic E-state index is 0.181. The van der Waals surface area contributed by atoms with Gasteiger partial charge in [-0.15, -0.1) is 0 Å². The van der Waals surface area contributed by atoms with Crippen LogP contribution < -0.4 is 15.8 Å². The topological polar surface area (TPSA) is 73.1 Å². The Labute approximate surface area is 165 Å². The van der Waals surface area contributed by atoms with Crippen molar-refractivity contribution in [1.82, 2.24) is 9.97 Å². The molecule has 7 heteroatoms. The normalized spacial score (nSPS) is 10.6. The number of nitrogens with zero attached hydrogens (tertiary/aromatic N) is 2. The number of nitrogens with one attached hydrogen (secondary N) is 1. The van der Waals surface area contributed by atoms with Crippen molar-refractivity contribution >= 4 is 45.0 Å². The third-order valence-corrected chi connectivity index (χ3v) is 4.28. The Balaban J connectivity index is 1.97. The van der Waals surface area contributed by atoms with E-state index in [-0.39, 0.29) is 5.95 Å². The Morgan fingerprint density at radius 3 is 2.62 bits per heavy atom. The first-order chi connectivity index (χ1) is 12.5. The van der Waals surface area contributed by atoms with Crippen LogP contribution in [-0.4, -0.2) is 16.6 Å². The summed E-state index contributed by atoms with van der Waals surface area (Å²) in [5, 5.41) is 3.89. The molecule has 1 aromatic heterocycles. The molecule has 0 radical (unpaired) electrons. The number of halogens is 2. The van der Waals surface area contributed by atoms with Crippen molar-refractivity contribution in [1.29, 1.82) is 0 Å². The first-order valence-electron chi connectivity index (χ1n) is 8.15. The molecular weight excluding hydrogens is 416 g/mol. The second-order valence-corrected chi connectivity index (χ2v) is 6.97. The van der Waals surface area contributed by atoms with Gasteiger partial charge in [0.25, 0.3) is 0 Å². The zero-order valence-corrected chi connectivity index (χ0v) is 16.5. The zero-order chi connectivity index (χ0) is 18.5. The summed E-state index contributed by atoms with van der Waals surface area (Å²) in [6.45, 7) is 2.69. The van der Waals surface area contributed by atoms with Crippen LogP contribution in [0.25, 0.3) is 11.3 Å². The number of hydrogen-bond acceptors (Lipinski definition) is 5. The zero-order valence-electron chi connectivity index (χ0n) is 14.2. The van der Waals surface area contributed by atoms with Crippen molar-refractivity contribution in [2.45, 2.75) is 13.3 Å². The Morgan fingerprint density at radius 2 is 1.88 bits per heavy atom. The van der Waals surface area contributed by atoms with Crippen LogP contribution in [-0.2, 0) is 0 Å². The highest BCUT2D eigenvalue weighted by Crippen LogP contribution is 2.33. The summed E-state index contributed by atoms with van der Waals surface area (Å²) in [7, 11) is 0. The number of nitrogens with two attached hydrogens (primary N) is 1. The fourth-order valence-corrected chi connectivity index (χ4v) is 2.88. The van der Waals surface area contributed by atoms with E-state index in [9.17, 15) is 0 Å². The molecule has 0 fully saturated rings. The Bertz CT molecular complexity index is 903. The van der Waals surface area contributed by atoms with E-state index in [1.807, 2.05) is 36.4 Å². The lowest BCUT2D eigenvalue weighted by Crippen LogP contribution is -2.03. The lowest BCUT2D eigenvalue weighted by Gasteiger charge is -2.13. The van der Waals surface area contributed by atoms with E-state index in [0.717, 1.165) is 27.9 Å². The van der Waals surface area contributed by atoms with Gasteiger partial charge in [0.2, 0.25) is 5.95 Å². The molecule has 1 heterocycles. The maximum absolute atomic E-state index is 5.93. The second kappa shape index (κ2) is 8.38. The van der Waals surface area contributed by atoms with E-state index in [2.05, 4.69) is 38.1 Å². The minimum Gasteiger partial charge on any atom is -0.493 e. The first kappa shape index (κ1) is 18.5. The number of aromatic nitrogens is 2. The summed E-state index contributed by atoms with van der Waals surface area (Å²) >= 11 is 9.43. The van der Waals surface area contributed by atoms with Gasteiger partial charge in [0, 0.05) is 26.8 Å². The molecule has 2 aromatic carbocycles. The molecule has 0 aliphatic heterocycles. The number of anilines is 3. The summed E-state index contributed by atoms with van der Waals surface area (Å²) < 4.78 is 6.78. The van der Waals surface area contributed by atoms with E-state index in [1.165, 1.54) is 0 Å². The molecule has 0 aliphatic rings. The van der Waals surface area contributed by atoms with Crippen molar-refractivity contribution in [2.75, 3.05) is 17.7 Å². The van der Waals surface area contributed by atoms with Crippen LogP contribution in [0, 0.1) is 0 Å². The molecule has 0 amide bonds. The third kappa shape index (κ3) is 4.65. The van der Waals surface area contributed by atoms with E-state index in [4.69, 9.17) is 22.1 Å². The van der Waals surface area contributed by atoms with Crippen LogP contribution in [0.15, 0.2) is 53.0 Å². The van der Waals surface area contributed by atoms with Gasteiger partial charge in [-0.05, 0) is 48.9 Å². The molecule has 3 N–H and O–H groups in total. The van der Waals surface area contributed by atoms with Crippen LogP contribution in [0.1, 0.15) is 13.3 Å². The van der Waals surface area contributed by atoms with Crippen molar-refractivity contribution in [2.24, 2.45) is 0 Å². The van der Waals surface area contributed by atoms with Gasteiger partial charge in [0.15, 0.2) is 0 Å². The molecule has 134 valence electrons. The summed E-state index contributed by atoms with van der Waals surface area (Å²) in [5.74, 6) is 1.53. The van der Waals surface area contributed by atoms with Gasteiger partial charge in [-0.1, -0.05) is 34.5 Å². The standard InChI is InChI=1S/C19H18BrClN4O/c1-2-9-26-17-8-3-12(20)10-15(17)16-11-18(25-19(22)24-16)23-14-6-4-13(21)5-7-14/h3-8,10-11H,2,9H2,1H3,(H3,22,23,24,25). The molecule has 0 spiro atoms. The SMILES string of the molecule is CCCOc1ccc(Br)cc1-c1cc(Nc2ccc(Cl)cc2)nc(N)n1. The summed E-state index contributed by atoms with van der Waals surface area (Å²) in [4.78, 5) is 8.64. The number of hydrogen-bond donors (Lipinski definition) is 2. The van der Waals surface area contributed by atoms with Crippen LogP contribution in [0.3, 0.4) is 0 Å². The van der Waals surface area contributed by atoms with Crippen molar-refractivity contribution in [3.8, 4) is 17.0 Å². The molecule has 0 aliphatic carbocycles.